The van der Waals surface area contributed by atoms with Gasteiger partial charge in [0.1, 0.15) is 4.60 Å². The Balaban J connectivity index is 3.56. The van der Waals surface area contributed by atoms with Crippen LogP contribution in [0.5, 0.6) is 0 Å². The van der Waals surface area contributed by atoms with Crippen molar-refractivity contribution in [1.82, 2.24) is 9.97 Å². The third-order valence-corrected chi connectivity index (χ3v) is 7.30. The maximum Gasteiger partial charge on any atom is 0.199 e. The Labute approximate surface area is 156 Å². The van der Waals surface area contributed by atoms with Crippen LogP contribution in [0.25, 0.3) is 0 Å². The Morgan fingerprint density at radius 2 is 1.44 bits per heavy atom. The lowest BCUT2D eigenvalue weighted by molar-refractivity contribution is 0.126. The third-order valence-electron chi connectivity index (χ3n) is 3.22. The van der Waals surface area contributed by atoms with Gasteiger partial charge < -0.3 is 14.8 Å². The number of anilines is 1. The molecule has 0 radical (unpaired) electrons. The molecule has 0 unspecified atom stereocenters. The SMILES string of the molecule is CCS(=O)(=O)c1nc(NC(COC)COC)c(S(=O)(=O)CC)nc1Br. The highest BCUT2D eigenvalue weighted by Gasteiger charge is 2.28. The molecule has 1 aromatic heterocycles. The molecule has 1 rings (SSSR count). The lowest BCUT2D eigenvalue weighted by Gasteiger charge is -2.20. The van der Waals surface area contributed by atoms with E-state index in [0.717, 1.165) is 0 Å². The molecule has 144 valence electrons. The number of hydrogen-bond acceptors (Lipinski definition) is 9. The van der Waals surface area contributed by atoms with Crippen LogP contribution in [0.1, 0.15) is 13.8 Å². The van der Waals surface area contributed by atoms with Crippen LogP contribution in [0.2, 0.25) is 0 Å². The van der Waals surface area contributed by atoms with Gasteiger partial charge in [0.05, 0.1) is 30.8 Å². The van der Waals surface area contributed by atoms with Gasteiger partial charge in [-0.3, -0.25) is 0 Å². The van der Waals surface area contributed by atoms with E-state index in [2.05, 4.69) is 31.2 Å². The average Bonchev–Trinajstić information content (AvgIpc) is 2.56. The highest BCUT2D eigenvalue weighted by atomic mass is 79.9. The van der Waals surface area contributed by atoms with Crippen LogP contribution in [-0.4, -0.2) is 71.8 Å². The second-order valence-corrected chi connectivity index (χ2v) is 10.2. The Morgan fingerprint density at radius 3 is 1.88 bits per heavy atom. The summed E-state index contributed by atoms with van der Waals surface area (Å²) in [6.45, 7) is 3.33. The highest BCUT2D eigenvalue weighted by Crippen LogP contribution is 2.27. The molecule has 12 heteroatoms. The molecular formula is C13H22BrN3O6S2. The predicted octanol–water partition coefficient (Wildman–Crippen LogP) is 0.900. The van der Waals surface area contributed by atoms with Gasteiger partial charge in [-0.25, -0.2) is 26.8 Å². The first-order valence-corrected chi connectivity index (χ1v) is 11.5. The van der Waals surface area contributed by atoms with Gasteiger partial charge in [0, 0.05) is 14.2 Å². The Kier molecular flexibility index (Phi) is 8.19. The Hall–Kier alpha value is -0.820. The van der Waals surface area contributed by atoms with Gasteiger partial charge in [0.15, 0.2) is 35.5 Å². The van der Waals surface area contributed by atoms with E-state index >= 15 is 0 Å². The highest BCUT2D eigenvalue weighted by molar-refractivity contribution is 9.10. The summed E-state index contributed by atoms with van der Waals surface area (Å²) in [6, 6.07) is -0.437. The molecular weight excluding hydrogens is 438 g/mol. The number of methoxy groups -OCH3 is 2. The van der Waals surface area contributed by atoms with Crippen molar-refractivity contribution in [2.45, 2.75) is 29.9 Å². The van der Waals surface area contributed by atoms with Crippen molar-refractivity contribution in [3.05, 3.63) is 4.60 Å². The van der Waals surface area contributed by atoms with Gasteiger partial charge in [0.2, 0.25) is 0 Å². The van der Waals surface area contributed by atoms with Crippen molar-refractivity contribution >= 4 is 41.4 Å². The Morgan fingerprint density at radius 1 is 0.960 bits per heavy atom. The van der Waals surface area contributed by atoms with Crippen LogP contribution in [0.15, 0.2) is 14.7 Å². The molecule has 0 saturated carbocycles. The fraction of sp³-hybridized carbons (Fsp3) is 0.692. The van der Waals surface area contributed by atoms with Crippen molar-refractivity contribution in [3.8, 4) is 0 Å². The summed E-state index contributed by atoms with van der Waals surface area (Å²) in [5.74, 6) is -0.544. The van der Waals surface area contributed by atoms with Crippen LogP contribution in [-0.2, 0) is 29.1 Å². The van der Waals surface area contributed by atoms with E-state index in [9.17, 15) is 16.8 Å². The molecule has 0 spiro atoms. The normalized spacial score (nSPS) is 12.6. The first-order chi connectivity index (χ1) is 11.6. The zero-order valence-electron chi connectivity index (χ0n) is 14.4. The molecule has 1 aromatic rings. The summed E-state index contributed by atoms with van der Waals surface area (Å²) < 4.78 is 59.0. The van der Waals surface area contributed by atoms with E-state index in [1.807, 2.05) is 0 Å². The topological polar surface area (TPSA) is 125 Å². The molecule has 1 N–H and O–H groups in total. The van der Waals surface area contributed by atoms with E-state index in [-0.39, 0.29) is 45.2 Å². The molecule has 0 aliphatic carbocycles. The van der Waals surface area contributed by atoms with E-state index in [1.54, 1.807) is 0 Å². The number of halogens is 1. The second kappa shape index (κ2) is 9.21. The molecule has 0 aliphatic rings. The number of ether oxygens (including phenoxy) is 2. The first-order valence-electron chi connectivity index (χ1n) is 7.40. The number of hydrogen-bond donors (Lipinski definition) is 1. The Bertz CT molecular complexity index is 792. The third kappa shape index (κ3) is 5.58. The lowest BCUT2D eigenvalue weighted by atomic mass is 10.3. The van der Waals surface area contributed by atoms with E-state index < -0.39 is 25.7 Å². The maximum atomic E-state index is 12.3. The van der Waals surface area contributed by atoms with Crippen molar-refractivity contribution < 1.29 is 26.3 Å². The first kappa shape index (κ1) is 22.2. The molecule has 0 saturated heterocycles. The minimum Gasteiger partial charge on any atom is -0.382 e. The molecule has 0 fully saturated rings. The van der Waals surface area contributed by atoms with E-state index in [1.165, 1.54) is 28.1 Å². The molecule has 9 nitrogen and oxygen atoms in total. The van der Waals surface area contributed by atoms with Gasteiger partial charge >= 0.3 is 0 Å². The van der Waals surface area contributed by atoms with Crippen molar-refractivity contribution in [3.63, 3.8) is 0 Å². The van der Waals surface area contributed by atoms with Crippen LogP contribution < -0.4 is 5.32 Å². The quantitative estimate of drug-likeness (QED) is 0.542. The van der Waals surface area contributed by atoms with Crippen molar-refractivity contribution in [2.24, 2.45) is 0 Å². The molecule has 25 heavy (non-hydrogen) atoms. The van der Waals surface area contributed by atoms with E-state index in [0.29, 0.717) is 0 Å². The van der Waals surface area contributed by atoms with Gasteiger partial charge in [-0.1, -0.05) is 13.8 Å². The zero-order chi connectivity index (χ0) is 19.3. The molecule has 0 amide bonds. The van der Waals surface area contributed by atoms with Crippen LogP contribution >= 0.6 is 15.9 Å². The minimum atomic E-state index is -3.74. The number of aromatic nitrogens is 2. The van der Waals surface area contributed by atoms with Gasteiger partial charge in [-0.15, -0.1) is 0 Å². The number of nitrogens with zero attached hydrogens (tertiary/aromatic N) is 2. The maximum absolute atomic E-state index is 12.3. The van der Waals surface area contributed by atoms with Gasteiger partial charge in [0.25, 0.3) is 0 Å². The summed E-state index contributed by atoms with van der Waals surface area (Å²) >= 11 is 3.01. The molecule has 0 aliphatic heterocycles. The number of sulfone groups is 2. The number of nitrogens with one attached hydrogen (secondary N) is 1. The monoisotopic (exact) mass is 459 g/mol. The van der Waals surface area contributed by atoms with Crippen LogP contribution in [0, 0.1) is 0 Å². The smallest absolute Gasteiger partial charge is 0.199 e. The molecule has 1 heterocycles. The summed E-state index contributed by atoms with van der Waals surface area (Å²) in [6.07, 6.45) is 0. The van der Waals surface area contributed by atoms with Crippen molar-refractivity contribution in [1.29, 1.82) is 0 Å². The largest absolute Gasteiger partial charge is 0.382 e. The summed E-state index contributed by atoms with van der Waals surface area (Å²) in [5, 5.41) is 2.22. The molecule has 0 bridgehead atoms. The predicted molar refractivity (Wildman–Crippen MR) is 96.3 cm³/mol. The minimum absolute atomic E-state index is 0.137. The fourth-order valence-electron chi connectivity index (χ4n) is 1.89. The second-order valence-electron chi connectivity index (χ2n) is 5.03. The van der Waals surface area contributed by atoms with Gasteiger partial charge in [-0.05, 0) is 15.9 Å². The summed E-state index contributed by atoms with van der Waals surface area (Å²) in [5.41, 5.74) is 0. The summed E-state index contributed by atoms with van der Waals surface area (Å²) in [4.78, 5) is 7.98. The average molecular weight is 460 g/mol. The standard InChI is InChI=1S/C13H22BrN3O6S2/c1-5-24(18,19)12-10(14)16-13(25(20,21)6-2)11(17-12)15-9(7-22-3)8-23-4/h9H,5-8H2,1-4H3,(H,15,17). The van der Waals surface area contributed by atoms with Crippen molar-refractivity contribution in [2.75, 3.05) is 44.3 Å². The summed E-state index contributed by atoms with van der Waals surface area (Å²) in [7, 11) is -4.48. The molecule has 0 atom stereocenters. The van der Waals surface area contributed by atoms with E-state index in [4.69, 9.17) is 9.47 Å². The fourth-order valence-corrected chi connectivity index (χ4v) is 4.73. The molecule has 0 aromatic carbocycles. The zero-order valence-corrected chi connectivity index (χ0v) is 17.7. The van der Waals surface area contributed by atoms with Crippen LogP contribution in [0.4, 0.5) is 5.82 Å². The number of rotatable bonds is 10. The lowest BCUT2D eigenvalue weighted by Crippen LogP contribution is -2.31. The van der Waals surface area contributed by atoms with Crippen LogP contribution in [0.3, 0.4) is 0 Å². The van der Waals surface area contributed by atoms with Gasteiger partial charge in [-0.2, -0.15) is 0 Å².